The Balaban J connectivity index is 2.22. The van der Waals surface area contributed by atoms with Gasteiger partial charge in [-0.15, -0.1) is 0 Å². The molecule has 0 aliphatic carbocycles. The minimum absolute atomic E-state index is 0.00679. The molecule has 0 atom stereocenters. The average molecular weight is 364 g/mol. The summed E-state index contributed by atoms with van der Waals surface area (Å²) in [4.78, 5) is 12.4. The van der Waals surface area contributed by atoms with Crippen LogP contribution in [0, 0.1) is 11.3 Å². The summed E-state index contributed by atoms with van der Waals surface area (Å²) in [5.41, 5.74) is 0.646. The van der Waals surface area contributed by atoms with Gasteiger partial charge in [-0.3, -0.25) is 14.2 Å². The zero-order valence-corrected chi connectivity index (χ0v) is 13.8. The first-order valence-electron chi connectivity index (χ1n) is 7.25. The van der Waals surface area contributed by atoms with Gasteiger partial charge in [0.15, 0.2) is 0 Å². The molecule has 8 heteroatoms. The topological polar surface area (TPSA) is 60.0 Å². The van der Waals surface area contributed by atoms with E-state index in [1.54, 1.807) is 24.3 Å². The van der Waals surface area contributed by atoms with Crippen molar-refractivity contribution in [3.63, 3.8) is 0 Å². The summed E-state index contributed by atoms with van der Waals surface area (Å²) in [6.07, 6.45) is 0. The predicted molar refractivity (Wildman–Crippen MR) is 89.1 cm³/mol. The number of hydrogen-bond acceptors (Lipinski definition) is 3. The second kappa shape index (κ2) is 6.57. The zero-order valence-electron chi connectivity index (χ0n) is 13.0. The Morgan fingerprint density at radius 1 is 1.28 bits per heavy atom. The van der Waals surface area contributed by atoms with Crippen LogP contribution in [0.4, 0.5) is 8.78 Å². The largest absolute Gasteiger partial charge is 0.434 e. The molecule has 128 valence electrons. The van der Waals surface area contributed by atoms with E-state index in [1.807, 2.05) is 6.07 Å². The lowest BCUT2D eigenvalue weighted by Crippen LogP contribution is -2.20. The first-order chi connectivity index (χ1) is 11.9. The molecule has 25 heavy (non-hydrogen) atoms. The van der Waals surface area contributed by atoms with Gasteiger partial charge in [0.1, 0.15) is 11.8 Å². The van der Waals surface area contributed by atoms with E-state index >= 15 is 0 Å². The summed E-state index contributed by atoms with van der Waals surface area (Å²) in [6.45, 7) is -2.90. The Morgan fingerprint density at radius 3 is 2.68 bits per heavy atom. The first-order valence-corrected chi connectivity index (χ1v) is 7.62. The molecule has 0 saturated heterocycles. The number of benzene rings is 2. The van der Waals surface area contributed by atoms with Crippen LogP contribution >= 0.6 is 11.6 Å². The Kier molecular flexibility index (Phi) is 4.47. The van der Waals surface area contributed by atoms with E-state index in [9.17, 15) is 18.8 Å². The third-order valence-electron chi connectivity index (χ3n) is 3.89. The Hall–Kier alpha value is -2.85. The van der Waals surface area contributed by atoms with Gasteiger partial charge >= 0.3 is 6.61 Å². The molecule has 0 N–H and O–H groups in total. The molecule has 0 aliphatic heterocycles. The molecule has 1 heterocycles. The van der Waals surface area contributed by atoms with Crippen molar-refractivity contribution < 1.29 is 13.5 Å². The molecule has 3 aromatic rings. The van der Waals surface area contributed by atoms with Crippen LogP contribution in [0.5, 0.6) is 5.75 Å². The average Bonchev–Trinajstić information content (AvgIpc) is 2.81. The number of hydrogen-bond donors (Lipinski definition) is 0. The van der Waals surface area contributed by atoms with Crippen LogP contribution in [0.2, 0.25) is 5.02 Å². The van der Waals surface area contributed by atoms with Gasteiger partial charge in [0.05, 0.1) is 28.0 Å². The molecule has 5 nitrogen and oxygen atoms in total. The molecule has 0 amide bonds. The fraction of sp³-hybridized carbons (Fsp3) is 0.176. The number of halogens is 3. The van der Waals surface area contributed by atoms with E-state index in [4.69, 9.17) is 11.6 Å². The van der Waals surface area contributed by atoms with Gasteiger partial charge in [-0.1, -0.05) is 29.8 Å². The fourth-order valence-electron chi connectivity index (χ4n) is 2.74. The molecular formula is C17H12ClF2N3O2. The zero-order chi connectivity index (χ0) is 18.1. The molecule has 3 rings (SSSR count). The lowest BCUT2D eigenvalue weighted by atomic mass is 10.1. The van der Waals surface area contributed by atoms with Crippen LogP contribution in [0.25, 0.3) is 10.9 Å². The SMILES string of the molecule is Cn1c(=O)c2ccc(Cl)c(C#N)c2n1Cc1ccccc1OC(F)F. The van der Waals surface area contributed by atoms with Gasteiger partial charge in [0, 0.05) is 12.6 Å². The minimum atomic E-state index is -2.96. The van der Waals surface area contributed by atoms with Crippen molar-refractivity contribution in [3.05, 3.63) is 62.9 Å². The molecule has 0 bridgehead atoms. The number of fused-ring (bicyclic) bond motifs is 1. The predicted octanol–water partition coefficient (Wildman–Crippen LogP) is 3.51. The summed E-state index contributed by atoms with van der Waals surface area (Å²) >= 11 is 6.07. The summed E-state index contributed by atoms with van der Waals surface area (Å²) in [6, 6.07) is 11.3. The maximum Gasteiger partial charge on any atom is 0.387 e. The van der Waals surface area contributed by atoms with Crippen molar-refractivity contribution in [3.8, 4) is 11.8 Å². The van der Waals surface area contributed by atoms with Gasteiger partial charge in [-0.2, -0.15) is 14.0 Å². The molecule has 0 radical (unpaired) electrons. The van der Waals surface area contributed by atoms with E-state index in [2.05, 4.69) is 4.74 Å². The number of aromatic nitrogens is 2. The van der Waals surface area contributed by atoms with E-state index in [0.717, 1.165) is 0 Å². The molecule has 0 spiro atoms. The van der Waals surface area contributed by atoms with Gasteiger partial charge in [-0.25, -0.2) is 0 Å². The summed E-state index contributed by atoms with van der Waals surface area (Å²) < 4.78 is 32.6. The standard InChI is InChI=1S/C17H12ClF2N3O2/c1-22-16(24)11-6-7-13(18)12(8-21)15(11)23(22)9-10-4-2-3-5-14(10)25-17(19)20/h2-7,17H,9H2,1H3. The molecule has 1 aromatic heterocycles. The van der Waals surface area contributed by atoms with Gasteiger partial charge < -0.3 is 4.74 Å². The van der Waals surface area contributed by atoms with E-state index in [0.29, 0.717) is 16.5 Å². The maximum atomic E-state index is 12.6. The smallest absolute Gasteiger partial charge is 0.387 e. The maximum absolute atomic E-state index is 12.6. The van der Waals surface area contributed by atoms with Crippen LogP contribution in [-0.4, -0.2) is 16.0 Å². The Bertz CT molecular complexity index is 1050. The van der Waals surface area contributed by atoms with E-state index in [-0.39, 0.29) is 28.4 Å². The van der Waals surface area contributed by atoms with Crippen molar-refractivity contribution in [2.75, 3.05) is 0 Å². The van der Waals surface area contributed by atoms with Crippen LogP contribution in [-0.2, 0) is 13.6 Å². The van der Waals surface area contributed by atoms with Crippen molar-refractivity contribution in [2.45, 2.75) is 13.2 Å². The van der Waals surface area contributed by atoms with E-state index in [1.165, 1.54) is 28.5 Å². The number of nitrogens with zero attached hydrogens (tertiary/aromatic N) is 3. The van der Waals surface area contributed by atoms with Crippen molar-refractivity contribution >= 4 is 22.5 Å². The Labute approximate surface area is 146 Å². The number of ether oxygens (including phenoxy) is 1. The third-order valence-corrected chi connectivity index (χ3v) is 4.21. The fourth-order valence-corrected chi connectivity index (χ4v) is 2.93. The number of para-hydroxylation sites is 1. The van der Waals surface area contributed by atoms with Crippen LogP contribution in [0.15, 0.2) is 41.2 Å². The number of nitriles is 1. The van der Waals surface area contributed by atoms with Crippen LogP contribution in [0.1, 0.15) is 11.1 Å². The van der Waals surface area contributed by atoms with Gasteiger partial charge in [0.2, 0.25) is 0 Å². The molecule has 0 aliphatic rings. The lowest BCUT2D eigenvalue weighted by Gasteiger charge is -2.14. The van der Waals surface area contributed by atoms with E-state index < -0.39 is 6.61 Å². The molecule has 0 saturated carbocycles. The van der Waals surface area contributed by atoms with Crippen molar-refractivity contribution in [2.24, 2.45) is 7.05 Å². The highest BCUT2D eigenvalue weighted by Crippen LogP contribution is 2.27. The quantitative estimate of drug-likeness (QED) is 0.712. The summed E-state index contributed by atoms with van der Waals surface area (Å²) in [5.74, 6) is 0.00679. The van der Waals surface area contributed by atoms with Gasteiger partial charge in [-0.05, 0) is 18.2 Å². The van der Waals surface area contributed by atoms with Crippen molar-refractivity contribution in [1.82, 2.24) is 9.36 Å². The molecular weight excluding hydrogens is 352 g/mol. The highest BCUT2D eigenvalue weighted by atomic mass is 35.5. The van der Waals surface area contributed by atoms with Crippen LogP contribution < -0.4 is 10.3 Å². The second-order valence-electron chi connectivity index (χ2n) is 5.30. The normalized spacial score (nSPS) is 11.0. The number of alkyl halides is 2. The number of rotatable bonds is 4. The first kappa shape index (κ1) is 17.0. The molecule has 0 unspecified atom stereocenters. The van der Waals surface area contributed by atoms with Gasteiger partial charge in [0.25, 0.3) is 5.56 Å². The van der Waals surface area contributed by atoms with Crippen LogP contribution in [0.3, 0.4) is 0 Å². The lowest BCUT2D eigenvalue weighted by molar-refractivity contribution is -0.0505. The highest BCUT2D eigenvalue weighted by molar-refractivity contribution is 6.32. The molecule has 2 aromatic carbocycles. The molecule has 0 fully saturated rings. The highest BCUT2D eigenvalue weighted by Gasteiger charge is 2.18. The second-order valence-corrected chi connectivity index (χ2v) is 5.71. The van der Waals surface area contributed by atoms with Crippen molar-refractivity contribution in [1.29, 1.82) is 5.26 Å². The Morgan fingerprint density at radius 2 is 2.00 bits per heavy atom. The summed E-state index contributed by atoms with van der Waals surface area (Å²) in [5, 5.41) is 9.94. The monoisotopic (exact) mass is 363 g/mol. The minimum Gasteiger partial charge on any atom is -0.434 e. The summed E-state index contributed by atoms with van der Waals surface area (Å²) in [7, 11) is 1.54. The third kappa shape index (κ3) is 2.96.